The van der Waals surface area contributed by atoms with Crippen molar-refractivity contribution in [3.05, 3.63) is 52.0 Å². The number of thioether (sulfide) groups is 1. The lowest BCUT2D eigenvalue weighted by atomic mass is 10.1. The number of thiazole rings is 1. The Bertz CT molecular complexity index is 508. The number of ketones is 1. The van der Waals surface area contributed by atoms with Crippen LogP contribution < -0.4 is 0 Å². The molecule has 0 atom stereocenters. The van der Waals surface area contributed by atoms with E-state index in [1.807, 2.05) is 47.5 Å². The normalized spacial score (nSPS) is 10.5. The molecular formula is C14H15NOS2. The van der Waals surface area contributed by atoms with Gasteiger partial charge in [0.1, 0.15) is 5.01 Å². The third kappa shape index (κ3) is 3.68. The monoisotopic (exact) mass is 277 g/mol. The van der Waals surface area contributed by atoms with Gasteiger partial charge in [-0.2, -0.15) is 11.8 Å². The Kier molecular flexibility index (Phi) is 4.96. The summed E-state index contributed by atoms with van der Waals surface area (Å²) in [6.45, 7) is 2.14. The molecule has 2 aromatic rings. The first-order valence-corrected chi connectivity index (χ1v) is 7.92. The van der Waals surface area contributed by atoms with Crippen LogP contribution in [0.5, 0.6) is 0 Å². The summed E-state index contributed by atoms with van der Waals surface area (Å²) in [5.41, 5.74) is 1.65. The van der Waals surface area contributed by atoms with E-state index in [-0.39, 0.29) is 5.78 Å². The predicted molar refractivity (Wildman–Crippen MR) is 78.4 cm³/mol. The van der Waals surface area contributed by atoms with Crippen molar-refractivity contribution in [2.24, 2.45) is 0 Å². The molecule has 0 radical (unpaired) electrons. The summed E-state index contributed by atoms with van der Waals surface area (Å²) < 4.78 is 0. The first-order chi connectivity index (χ1) is 8.79. The molecule has 4 heteroatoms. The maximum Gasteiger partial charge on any atom is 0.168 e. The zero-order valence-electron chi connectivity index (χ0n) is 10.3. The minimum atomic E-state index is 0.135. The van der Waals surface area contributed by atoms with Crippen LogP contribution in [0.2, 0.25) is 0 Å². The summed E-state index contributed by atoms with van der Waals surface area (Å²) >= 11 is 3.50. The van der Waals surface area contributed by atoms with Crippen molar-refractivity contribution >= 4 is 28.9 Å². The van der Waals surface area contributed by atoms with E-state index in [0.29, 0.717) is 6.42 Å². The zero-order valence-corrected chi connectivity index (χ0v) is 11.9. The fourth-order valence-electron chi connectivity index (χ4n) is 1.58. The van der Waals surface area contributed by atoms with Crippen LogP contribution in [0.1, 0.15) is 28.0 Å². The number of nitrogens with zero attached hydrogens (tertiary/aromatic N) is 1. The highest BCUT2D eigenvalue weighted by atomic mass is 32.2. The third-order valence-electron chi connectivity index (χ3n) is 2.47. The molecule has 0 spiro atoms. The Balaban J connectivity index is 1.97. The van der Waals surface area contributed by atoms with Gasteiger partial charge in [-0.05, 0) is 5.75 Å². The second-order valence-electron chi connectivity index (χ2n) is 3.84. The highest BCUT2D eigenvalue weighted by molar-refractivity contribution is 7.98. The van der Waals surface area contributed by atoms with Gasteiger partial charge < -0.3 is 0 Å². The molecule has 1 aromatic carbocycles. The third-order valence-corrected chi connectivity index (χ3v) is 4.43. The molecule has 0 amide bonds. The van der Waals surface area contributed by atoms with Crippen molar-refractivity contribution in [2.75, 3.05) is 5.75 Å². The van der Waals surface area contributed by atoms with Gasteiger partial charge in [0.2, 0.25) is 0 Å². The SMILES string of the molecule is CCSCc1nc(CC(=O)c2ccccc2)cs1. The van der Waals surface area contributed by atoms with Crippen molar-refractivity contribution in [1.82, 2.24) is 4.98 Å². The van der Waals surface area contributed by atoms with Gasteiger partial charge in [-0.25, -0.2) is 4.98 Å². The molecule has 0 aliphatic rings. The number of hydrogen-bond acceptors (Lipinski definition) is 4. The molecule has 0 N–H and O–H groups in total. The fraction of sp³-hybridized carbons (Fsp3) is 0.286. The number of rotatable bonds is 6. The van der Waals surface area contributed by atoms with Crippen LogP contribution in [0.15, 0.2) is 35.7 Å². The molecule has 1 aromatic heterocycles. The van der Waals surface area contributed by atoms with E-state index in [9.17, 15) is 4.79 Å². The summed E-state index contributed by atoms with van der Waals surface area (Å²) in [6, 6.07) is 9.39. The topological polar surface area (TPSA) is 30.0 Å². The van der Waals surface area contributed by atoms with Crippen molar-refractivity contribution in [3.8, 4) is 0 Å². The van der Waals surface area contributed by atoms with E-state index in [2.05, 4.69) is 11.9 Å². The fourth-order valence-corrected chi connectivity index (χ4v) is 3.12. The lowest BCUT2D eigenvalue weighted by molar-refractivity contribution is 0.0992. The number of aromatic nitrogens is 1. The van der Waals surface area contributed by atoms with Gasteiger partial charge in [0, 0.05) is 16.7 Å². The van der Waals surface area contributed by atoms with Crippen LogP contribution in [0.25, 0.3) is 0 Å². The molecule has 1 heterocycles. The standard InChI is InChI=1S/C14H15NOS2/c1-2-17-10-14-15-12(9-18-14)8-13(16)11-6-4-3-5-7-11/h3-7,9H,2,8,10H2,1H3. The van der Waals surface area contributed by atoms with Crippen LogP contribution in [-0.2, 0) is 12.2 Å². The molecule has 0 saturated carbocycles. The first-order valence-electron chi connectivity index (χ1n) is 5.89. The molecular weight excluding hydrogens is 262 g/mol. The van der Waals surface area contributed by atoms with Crippen LogP contribution >= 0.6 is 23.1 Å². The largest absolute Gasteiger partial charge is 0.294 e. The molecule has 18 heavy (non-hydrogen) atoms. The second-order valence-corrected chi connectivity index (χ2v) is 6.05. The van der Waals surface area contributed by atoms with Crippen molar-refractivity contribution in [1.29, 1.82) is 0 Å². The Morgan fingerprint density at radius 3 is 2.83 bits per heavy atom. The van der Waals surface area contributed by atoms with Crippen molar-refractivity contribution in [3.63, 3.8) is 0 Å². The van der Waals surface area contributed by atoms with Crippen LogP contribution in [-0.4, -0.2) is 16.5 Å². The van der Waals surface area contributed by atoms with E-state index in [0.717, 1.165) is 27.8 Å². The van der Waals surface area contributed by atoms with Gasteiger partial charge >= 0.3 is 0 Å². The number of carbonyl (C=O) groups excluding carboxylic acids is 1. The van der Waals surface area contributed by atoms with Crippen molar-refractivity contribution in [2.45, 2.75) is 19.1 Å². The predicted octanol–water partition coefficient (Wildman–Crippen LogP) is 3.82. The number of carbonyl (C=O) groups is 1. The Morgan fingerprint density at radius 2 is 2.11 bits per heavy atom. The van der Waals surface area contributed by atoms with Crippen LogP contribution in [0.3, 0.4) is 0 Å². The van der Waals surface area contributed by atoms with Gasteiger partial charge in [-0.3, -0.25) is 4.79 Å². The lowest BCUT2D eigenvalue weighted by Gasteiger charge is -1.98. The van der Waals surface area contributed by atoms with E-state index in [4.69, 9.17) is 0 Å². The molecule has 0 unspecified atom stereocenters. The molecule has 0 bridgehead atoms. The average molecular weight is 277 g/mol. The molecule has 94 valence electrons. The van der Waals surface area contributed by atoms with Crippen molar-refractivity contribution < 1.29 is 4.79 Å². The highest BCUT2D eigenvalue weighted by Crippen LogP contribution is 2.17. The molecule has 0 aliphatic carbocycles. The summed E-state index contributed by atoms with van der Waals surface area (Å²) in [4.78, 5) is 16.5. The van der Waals surface area contributed by atoms with Crippen LogP contribution in [0, 0.1) is 0 Å². The summed E-state index contributed by atoms with van der Waals surface area (Å²) in [6.07, 6.45) is 0.400. The summed E-state index contributed by atoms with van der Waals surface area (Å²) in [7, 11) is 0. The number of hydrogen-bond donors (Lipinski definition) is 0. The van der Waals surface area contributed by atoms with Gasteiger partial charge in [-0.1, -0.05) is 37.3 Å². The lowest BCUT2D eigenvalue weighted by Crippen LogP contribution is -2.03. The average Bonchev–Trinajstić information content (AvgIpc) is 2.85. The maximum atomic E-state index is 12.0. The van der Waals surface area contributed by atoms with Crippen LogP contribution in [0.4, 0.5) is 0 Å². The smallest absolute Gasteiger partial charge is 0.168 e. The van der Waals surface area contributed by atoms with E-state index >= 15 is 0 Å². The minimum Gasteiger partial charge on any atom is -0.294 e. The molecule has 0 saturated heterocycles. The first kappa shape index (κ1) is 13.3. The maximum absolute atomic E-state index is 12.0. The summed E-state index contributed by atoms with van der Waals surface area (Å²) in [5.74, 6) is 2.18. The highest BCUT2D eigenvalue weighted by Gasteiger charge is 2.09. The molecule has 2 rings (SSSR count). The van der Waals surface area contributed by atoms with Gasteiger partial charge in [0.05, 0.1) is 12.1 Å². The molecule has 2 nitrogen and oxygen atoms in total. The Hall–Kier alpha value is -1.13. The van der Waals surface area contributed by atoms with E-state index in [1.54, 1.807) is 11.3 Å². The van der Waals surface area contributed by atoms with E-state index in [1.165, 1.54) is 0 Å². The Morgan fingerprint density at radius 1 is 1.33 bits per heavy atom. The molecule has 0 aliphatic heterocycles. The number of Topliss-reactive ketones (excluding diaryl/α,β-unsaturated/α-hetero) is 1. The van der Waals surface area contributed by atoms with Gasteiger partial charge in [0.25, 0.3) is 0 Å². The quantitative estimate of drug-likeness (QED) is 0.752. The zero-order chi connectivity index (χ0) is 12.8. The van der Waals surface area contributed by atoms with E-state index < -0.39 is 0 Å². The van der Waals surface area contributed by atoms with Gasteiger partial charge in [0.15, 0.2) is 5.78 Å². The summed E-state index contributed by atoms with van der Waals surface area (Å²) in [5, 5.41) is 3.10. The second kappa shape index (κ2) is 6.71. The minimum absolute atomic E-state index is 0.135. The Labute approximate surface area is 115 Å². The molecule has 0 fully saturated rings. The van der Waals surface area contributed by atoms with Gasteiger partial charge in [-0.15, -0.1) is 11.3 Å². The number of benzene rings is 1.